The number of carbonyl (C=O) groups is 1. The van der Waals surface area contributed by atoms with Crippen molar-refractivity contribution in [2.24, 2.45) is 0 Å². The van der Waals surface area contributed by atoms with Crippen molar-refractivity contribution >= 4 is 54.6 Å². The molecule has 0 radical (unpaired) electrons. The second-order valence-corrected chi connectivity index (χ2v) is 12.3. The van der Waals surface area contributed by atoms with Crippen LogP contribution in [-0.2, 0) is 24.8 Å². The molecular weight excluding hydrogens is 554 g/mol. The number of amides is 1. The minimum absolute atomic E-state index is 0.0614. The smallest absolute Gasteiger partial charge is 0.262 e. The highest BCUT2D eigenvalue weighted by atomic mass is 35.5. The van der Waals surface area contributed by atoms with Crippen LogP contribution in [0.4, 0.5) is 17.1 Å². The van der Waals surface area contributed by atoms with Crippen molar-refractivity contribution in [1.29, 1.82) is 0 Å². The molecule has 1 atom stereocenters. The van der Waals surface area contributed by atoms with Gasteiger partial charge < -0.3 is 14.8 Å². The van der Waals surface area contributed by atoms with Crippen molar-refractivity contribution in [3.05, 3.63) is 71.2 Å². The molecule has 3 aromatic carbocycles. The standard InChI is InChI=1S/C25H28ClN3O7S2/c1-16-6-7-18(26)14-23(16)29(37(5,31)32)17(2)25(30)27-19-8-11-21(12-9-19)38(33,34)28-22-13-10-20(35-3)15-24(22)36-4/h6-15,17,28H,1-5H3,(H,27,30)/t17-/m1/s1. The fourth-order valence-corrected chi connectivity index (χ4v) is 6.11. The first-order valence-electron chi connectivity index (χ1n) is 11.2. The summed E-state index contributed by atoms with van der Waals surface area (Å²) in [6, 6.07) is 13.7. The van der Waals surface area contributed by atoms with Crippen LogP contribution in [-0.4, -0.2) is 49.3 Å². The van der Waals surface area contributed by atoms with E-state index in [1.165, 1.54) is 57.5 Å². The highest BCUT2D eigenvalue weighted by molar-refractivity contribution is 7.92. The number of aryl methyl sites for hydroxylation is 1. The lowest BCUT2D eigenvalue weighted by molar-refractivity contribution is -0.116. The summed E-state index contributed by atoms with van der Waals surface area (Å²) >= 11 is 6.07. The van der Waals surface area contributed by atoms with Crippen molar-refractivity contribution in [2.45, 2.75) is 24.8 Å². The maximum atomic E-state index is 13.0. The fourth-order valence-electron chi connectivity index (χ4n) is 3.65. The lowest BCUT2D eigenvalue weighted by Gasteiger charge is -2.29. The first-order valence-corrected chi connectivity index (χ1v) is 14.9. The molecule has 0 aromatic heterocycles. The molecule has 38 heavy (non-hydrogen) atoms. The topological polar surface area (TPSA) is 131 Å². The van der Waals surface area contributed by atoms with Crippen LogP contribution in [0.25, 0.3) is 0 Å². The van der Waals surface area contributed by atoms with Crippen LogP contribution in [0.2, 0.25) is 5.02 Å². The van der Waals surface area contributed by atoms with Gasteiger partial charge in [0.2, 0.25) is 15.9 Å². The Hall–Kier alpha value is -3.48. The number of halogens is 1. The van der Waals surface area contributed by atoms with Gasteiger partial charge in [0.1, 0.15) is 17.5 Å². The van der Waals surface area contributed by atoms with Gasteiger partial charge in [-0.05, 0) is 67.9 Å². The summed E-state index contributed by atoms with van der Waals surface area (Å²) in [6.07, 6.45) is 1.00. The number of benzene rings is 3. The summed E-state index contributed by atoms with van der Waals surface area (Å²) in [4.78, 5) is 12.9. The van der Waals surface area contributed by atoms with E-state index >= 15 is 0 Å². The van der Waals surface area contributed by atoms with E-state index in [9.17, 15) is 21.6 Å². The molecule has 0 heterocycles. The molecule has 0 aliphatic rings. The number of methoxy groups -OCH3 is 2. The Morgan fingerprint density at radius 3 is 2.18 bits per heavy atom. The molecule has 13 heteroatoms. The van der Waals surface area contributed by atoms with Gasteiger partial charge in [0.05, 0.1) is 36.7 Å². The number of hydrogen-bond acceptors (Lipinski definition) is 7. The summed E-state index contributed by atoms with van der Waals surface area (Å²) in [5, 5.41) is 2.95. The minimum atomic E-state index is -3.99. The molecule has 1 amide bonds. The largest absolute Gasteiger partial charge is 0.497 e. The number of hydrogen-bond donors (Lipinski definition) is 2. The summed E-state index contributed by atoms with van der Waals surface area (Å²) in [5.74, 6) is 0.154. The van der Waals surface area contributed by atoms with Gasteiger partial charge in [-0.2, -0.15) is 0 Å². The maximum absolute atomic E-state index is 13.0. The first kappa shape index (κ1) is 29.1. The molecule has 0 bridgehead atoms. The summed E-state index contributed by atoms with van der Waals surface area (Å²) in [5.41, 5.74) is 1.40. The molecule has 0 spiro atoms. The Morgan fingerprint density at radius 1 is 0.947 bits per heavy atom. The van der Waals surface area contributed by atoms with E-state index in [1.54, 1.807) is 31.2 Å². The molecule has 0 saturated heterocycles. The van der Waals surface area contributed by atoms with Crippen LogP contribution in [0.1, 0.15) is 12.5 Å². The molecule has 0 fully saturated rings. The van der Waals surface area contributed by atoms with Gasteiger partial charge in [-0.25, -0.2) is 16.8 Å². The third-order valence-electron chi connectivity index (χ3n) is 5.58. The molecule has 0 saturated carbocycles. The Bertz CT molecular complexity index is 1540. The normalized spacial score (nSPS) is 12.4. The molecule has 0 unspecified atom stereocenters. The molecular formula is C25H28ClN3O7S2. The Balaban J connectivity index is 1.80. The Kier molecular flexibility index (Phi) is 8.80. The highest BCUT2D eigenvalue weighted by Gasteiger charge is 2.30. The van der Waals surface area contributed by atoms with Crippen molar-refractivity contribution in [3.63, 3.8) is 0 Å². The van der Waals surface area contributed by atoms with Crippen LogP contribution in [0.3, 0.4) is 0 Å². The SMILES string of the molecule is COc1ccc(NS(=O)(=O)c2ccc(NC(=O)[C@@H](C)N(c3cc(Cl)ccc3C)S(C)(=O)=O)cc2)c(OC)c1. The predicted molar refractivity (Wildman–Crippen MR) is 148 cm³/mol. The zero-order valence-corrected chi connectivity index (χ0v) is 23.7. The number of nitrogens with one attached hydrogen (secondary N) is 2. The Labute approximate surface area is 227 Å². The zero-order chi connectivity index (χ0) is 28.3. The minimum Gasteiger partial charge on any atom is -0.497 e. The van der Waals surface area contributed by atoms with Gasteiger partial charge in [0, 0.05) is 16.8 Å². The molecule has 204 valence electrons. The average Bonchev–Trinajstić information content (AvgIpc) is 2.85. The Morgan fingerprint density at radius 2 is 1.61 bits per heavy atom. The van der Waals surface area contributed by atoms with E-state index in [-0.39, 0.29) is 27.7 Å². The quantitative estimate of drug-likeness (QED) is 0.366. The van der Waals surface area contributed by atoms with Gasteiger partial charge in [-0.15, -0.1) is 0 Å². The van der Waals surface area contributed by atoms with Gasteiger partial charge in [-0.1, -0.05) is 17.7 Å². The third-order valence-corrected chi connectivity index (χ3v) is 8.43. The van der Waals surface area contributed by atoms with Crippen molar-refractivity contribution in [1.82, 2.24) is 0 Å². The first-order chi connectivity index (χ1) is 17.8. The predicted octanol–water partition coefficient (Wildman–Crippen LogP) is 4.26. The van der Waals surface area contributed by atoms with Gasteiger partial charge in [0.15, 0.2) is 0 Å². The number of rotatable bonds is 10. The zero-order valence-electron chi connectivity index (χ0n) is 21.4. The number of anilines is 3. The van der Waals surface area contributed by atoms with Crippen LogP contribution in [0.15, 0.2) is 65.6 Å². The van der Waals surface area contributed by atoms with E-state index in [4.69, 9.17) is 21.1 Å². The van der Waals surface area contributed by atoms with Crippen molar-refractivity contribution < 1.29 is 31.1 Å². The molecule has 3 rings (SSSR count). The number of carbonyl (C=O) groups excluding carboxylic acids is 1. The molecule has 2 N–H and O–H groups in total. The van der Waals surface area contributed by atoms with E-state index in [1.807, 2.05) is 0 Å². The van der Waals surface area contributed by atoms with E-state index in [0.717, 1.165) is 10.6 Å². The molecule has 0 aliphatic carbocycles. The monoisotopic (exact) mass is 581 g/mol. The second-order valence-electron chi connectivity index (χ2n) is 8.35. The number of sulfonamides is 2. The molecule has 0 aliphatic heterocycles. The van der Waals surface area contributed by atoms with Crippen LogP contribution in [0, 0.1) is 6.92 Å². The lowest BCUT2D eigenvalue weighted by atomic mass is 10.1. The number of ether oxygens (including phenoxy) is 2. The van der Waals surface area contributed by atoms with E-state index < -0.39 is 32.0 Å². The van der Waals surface area contributed by atoms with Crippen molar-refractivity contribution in [2.75, 3.05) is 34.8 Å². The fraction of sp³-hybridized carbons (Fsp3) is 0.240. The van der Waals surface area contributed by atoms with Gasteiger partial charge in [-0.3, -0.25) is 13.8 Å². The lowest BCUT2D eigenvalue weighted by Crippen LogP contribution is -2.45. The summed E-state index contributed by atoms with van der Waals surface area (Å²) in [6.45, 7) is 3.16. The van der Waals surface area contributed by atoms with Crippen LogP contribution < -0.4 is 23.8 Å². The third kappa shape index (κ3) is 6.69. The highest BCUT2D eigenvalue weighted by Crippen LogP contribution is 2.31. The van der Waals surface area contributed by atoms with Crippen LogP contribution in [0.5, 0.6) is 11.5 Å². The molecule has 3 aromatic rings. The van der Waals surface area contributed by atoms with Gasteiger partial charge >= 0.3 is 0 Å². The average molecular weight is 582 g/mol. The number of nitrogens with zero attached hydrogens (tertiary/aromatic N) is 1. The summed E-state index contributed by atoms with van der Waals surface area (Å²) in [7, 11) is -4.95. The maximum Gasteiger partial charge on any atom is 0.262 e. The van der Waals surface area contributed by atoms with E-state index in [0.29, 0.717) is 16.3 Å². The van der Waals surface area contributed by atoms with Gasteiger partial charge in [0.25, 0.3) is 10.0 Å². The van der Waals surface area contributed by atoms with Crippen molar-refractivity contribution in [3.8, 4) is 11.5 Å². The molecule has 10 nitrogen and oxygen atoms in total. The van der Waals surface area contributed by atoms with E-state index in [2.05, 4.69) is 10.0 Å². The van der Waals surface area contributed by atoms with Crippen LogP contribution >= 0.6 is 11.6 Å². The summed E-state index contributed by atoms with van der Waals surface area (Å²) < 4.78 is 64.8. The second kappa shape index (κ2) is 11.5.